The lowest BCUT2D eigenvalue weighted by Crippen LogP contribution is -2.04. The van der Waals surface area contributed by atoms with Gasteiger partial charge in [-0.25, -0.2) is 0 Å². The minimum absolute atomic E-state index is 0.182. The normalized spacial score (nSPS) is 19.4. The van der Waals surface area contributed by atoms with E-state index < -0.39 is 12.6 Å². The minimum atomic E-state index is -4.17. The van der Waals surface area contributed by atoms with Crippen LogP contribution in [-0.4, -0.2) is 30.3 Å². The summed E-state index contributed by atoms with van der Waals surface area (Å²) in [4.78, 5) is 5.66. The Hall–Kier alpha value is -2.67. The second kappa shape index (κ2) is 13.3. The molecule has 0 spiro atoms. The Balaban J connectivity index is 1.91. The average Bonchev–Trinajstić information content (AvgIpc) is 3.58. The van der Waals surface area contributed by atoms with Crippen LogP contribution in [0, 0.1) is 5.92 Å². The lowest BCUT2D eigenvalue weighted by atomic mass is 10.1. The van der Waals surface area contributed by atoms with Crippen LogP contribution in [0.15, 0.2) is 88.7 Å². The van der Waals surface area contributed by atoms with Gasteiger partial charge in [0, 0.05) is 35.0 Å². The predicted molar refractivity (Wildman–Crippen MR) is 140 cm³/mol. The van der Waals surface area contributed by atoms with Crippen LogP contribution in [0.1, 0.15) is 44.1 Å². The maximum absolute atomic E-state index is 12.2. The number of aliphatic hydroxyl groups is 1. The minimum Gasteiger partial charge on any atom is -0.513 e. The Kier molecular flexibility index (Phi) is 10.8. The van der Waals surface area contributed by atoms with Gasteiger partial charge in [0.2, 0.25) is 0 Å². The molecule has 2 unspecified atom stereocenters. The number of rotatable bonds is 13. The number of hydrogen-bond acceptors (Lipinski definition) is 4. The van der Waals surface area contributed by atoms with E-state index in [-0.39, 0.29) is 11.7 Å². The van der Waals surface area contributed by atoms with Gasteiger partial charge in [0.05, 0.1) is 12.2 Å². The Labute approximate surface area is 205 Å². The summed E-state index contributed by atoms with van der Waals surface area (Å²) in [5, 5.41) is 12.9. The molecule has 0 radical (unpaired) electrons. The van der Waals surface area contributed by atoms with Crippen molar-refractivity contribution in [3.05, 3.63) is 89.2 Å². The molecule has 2 rings (SSSR count). The second-order valence-electron chi connectivity index (χ2n) is 8.19. The third-order valence-corrected chi connectivity index (χ3v) is 6.46. The maximum Gasteiger partial charge on any atom is 0.392 e. The third kappa shape index (κ3) is 9.67. The van der Waals surface area contributed by atoms with Crippen molar-refractivity contribution in [2.45, 2.75) is 44.7 Å². The van der Waals surface area contributed by atoms with E-state index in [4.69, 9.17) is 0 Å². The van der Waals surface area contributed by atoms with Crippen LogP contribution in [0.3, 0.4) is 0 Å². The number of aliphatic hydroxyl groups excluding tert-OH is 1. The highest BCUT2D eigenvalue weighted by atomic mass is 32.2. The summed E-state index contributed by atoms with van der Waals surface area (Å²) >= 11 is 1.62. The van der Waals surface area contributed by atoms with Crippen LogP contribution < -0.4 is 5.32 Å². The number of aliphatic imine (C=N–C) groups is 1. The quantitative estimate of drug-likeness (QED) is 0.126. The topological polar surface area (TPSA) is 44.6 Å². The molecule has 0 aromatic heterocycles. The van der Waals surface area contributed by atoms with Crippen molar-refractivity contribution in [3.8, 4) is 0 Å². The van der Waals surface area contributed by atoms with E-state index in [2.05, 4.69) is 35.6 Å². The first-order chi connectivity index (χ1) is 16.1. The number of thioether (sulfide) groups is 1. The Morgan fingerprint density at radius 1 is 1.26 bits per heavy atom. The van der Waals surface area contributed by atoms with Crippen molar-refractivity contribution in [1.29, 1.82) is 0 Å². The zero-order valence-electron chi connectivity index (χ0n) is 19.7. The summed E-state index contributed by atoms with van der Waals surface area (Å²) in [5.41, 5.74) is 3.99. The Bertz CT molecular complexity index is 959. The van der Waals surface area contributed by atoms with Crippen molar-refractivity contribution >= 4 is 23.7 Å². The highest BCUT2D eigenvalue weighted by Crippen LogP contribution is 2.50. The molecule has 184 valence electrons. The molecular formula is C27H33F3N2OS. The van der Waals surface area contributed by atoms with Crippen molar-refractivity contribution in [3.63, 3.8) is 0 Å². The van der Waals surface area contributed by atoms with E-state index in [1.54, 1.807) is 30.1 Å². The van der Waals surface area contributed by atoms with Gasteiger partial charge >= 0.3 is 6.18 Å². The molecule has 1 aliphatic carbocycles. The molecule has 3 nitrogen and oxygen atoms in total. The van der Waals surface area contributed by atoms with Crippen LogP contribution in [0.5, 0.6) is 0 Å². The zero-order valence-corrected chi connectivity index (χ0v) is 20.6. The molecule has 1 aromatic rings. The average molecular weight is 491 g/mol. The number of benzene rings is 1. The van der Waals surface area contributed by atoms with Crippen molar-refractivity contribution in [2.24, 2.45) is 10.9 Å². The number of nitrogens with one attached hydrogen (secondary N) is 1. The number of allylic oxidation sites excluding steroid dienone is 7. The van der Waals surface area contributed by atoms with Crippen LogP contribution in [0.2, 0.25) is 0 Å². The SMILES string of the molecule is C=C/C=C(/C=N/C(C)=C(/CNc1ccc(C2CC2C(=C)O)cc1)SC)CC/C=C\CC(F)(F)F. The summed E-state index contributed by atoms with van der Waals surface area (Å²) < 4.78 is 36.7. The second-order valence-corrected chi connectivity index (χ2v) is 9.09. The summed E-state index contributed by atoms with van der Waals surface area (Å²) in [6.07, 6.45) is 6.90. The van der Waals surface area contributed by atoms with Crippen LogP contribution in [0.25, 0.3) is 0 Å². The Morgan fingerprint density at radius 3 is 2.53 bits per heavy atom. The smallest absolute Gasteiger partial charge is 0.392 e. The first-order valence-corrected chi connectivity index (χ1v) is 12.4. The molecule has 0 bridgehead atoms. The molecule has 2 N–H and O–H groups in total. The van der Waals surface area contributed by atoms with Gasteiger partial charge in [-0.1, -0.05) is 49.6 Å². The molecule has 34 heavy (non-hydrogen) atoms. The standard InChI is InChI=1S/C27H33F3N2OS/c1-5-9-21(10-7-6-8-15-27(28,29)30)17-31-19(2)26(34-4)18-32-23-13-11-22(12-14-23)25-16-24(25)20(3)33/h5-6,8-9,11-14,17,24-25,32-33H,1,3,7,10,15-16,18H2,2,4H3/b8-6-,21-9+,26-19-,31-17+. The molecule has 0 heterocycles. The molecule has 7 heteroatoms. The number of alkyl halides is 3. The lowest BCUT2D eigenvalue weighted by Gasteiger charge is -2.11. The van der Waals surface area contributed by atoms with Crippen molar-refractivity contribution in [1.82, 2.24) is 0 Å². The van der Waals surface area contributed by atoms with Crippen molar-refractivity contribution in [2.75, 3.05) is 18.1 Å². The van der Waals surface area contributed by atoms with E-state index >= 15 is 0 Å². The molecule has 2 atom stereocenters. The largest absolute Gasteiger partial charge is 0.513 e. The molecule has 0 amide bonds. The van der Waals surface area contributed by atoms with E-state index in [0.29, 0.717) is 25.3 Å². The first-order valence-electron chi connectivity index (χ1n) is 11.2. The van der Waals surface area contributed by atoms with Gasteiger partial charge in [-0.05, 0) is 61.6 Å². The molecule has 1 aromatic carbocycles. The summed E-state index contributed by atoms with van der Waals surface area (Å²) in [7, 11) is 0. The molecule has 0 aliphatic heterocycles. The highest BCUT2D eigenvalue weighted by Gasteiger charge is 2.40. The monoisotopic (exact) mass is 490 g/mol. The van der Waals surface area contributed by atoms with Gasteiger partial charge in [-0.3, -0.25) is 4.99 Å². The molecular weight excluding hydrogens is 457 g/mol. The predicted octanol–water partition coefficient (Wildman–Crippen LogP) is 8.34. The van der Waals surface area contributed by atoms with Gasteiger partial charge in [-0.2, -0.15) is 13.2 Å². The summed E-state index contributed by atoms with van der Waals surface area (Å²) in [6.45, 7) is 9.90. The number of halogens is 3. The third-order valence-electron chi connectivity index (χ3n) is 5.53. The fraction of sp³-hybridized carbons (Fsp3) is 0.370. The maximum atomic E-state index is 12.2. The summed E-state index contributed by atoms with van der Waals surface area (Å²) in [6, 6.07) is 8.25. The molecule has 0 saturated heterocycles. The van der Waals surface area contributed by atoms with Crippen LogP contribution in [0.4, 0.5) is 18.9 Å². The molecule has 1 aliphatic rings. The van der Waals surface area contributed by atoms with E-state index in [1.807, 2.05) is 31.4 Å². The van der Waals surface area contributed by atoms with Crippen molar-refractivity contribution < 1.29 is 18.3 Å². The van der Waals surface area contributed by atoms with Crippen LogP contribution >= 0.6 is 11.8 Å². The zero-order chi connectivity index (χ0) is 25.1. The van der Waals surface area contributed by atoms with Gasteiger partial charge in [-0.15, -0.1) is 11.8 Å². The van der Waals surface area contributed by atoms with Gasteiger partial charge in [0.25, 0.3) is 0 Å². The number of hydrogen-bond donors (Lipinski definition) is 2. The van der Waals surface area contributed by atoms with E-state index in [1.165, 1.54) is 5.56 Å². The fourth-order valence-corrected chi connectivity index (χ4v) is 4.05. The van der Waals surface area contributed by atoms with Gasteiger partial charge < -0.3 is 10.4 Å². The van der Waals surface area contributed by atoms with E-state index in [0.717, 1.165) is 34.4 Å². The number of anilines is 1. The summed E-state index contributed by atoms with van der Waals surface area (Å²) in [5.74, 6) is 0.811. The first kappa shape index (κ1) is 27.6. The van der Waals surface area contributed by atoms with Gasteiger partial charge in [0.15, 0.2) is 0 Å². The Morgan fingerprint density at radius 2 is 1.97 bits per heavy atom. The molecule has 1 saturated carbocycles. The number of nitrogens with zero attached hydrogens (tertiary/aromatic N) is 1. The molecule has 1 fully saturated rings. The fourth-order valence-electron chi connectivity index (χ4n) is 3.49. The van der Waals surface area contributed by atoms with E-state index in [9.17, 15) is 18.3 Å². The van der Waals surface area contributed by atoms with Gasteiger partial charge in [0.1, 0.15) is 0 Å². The van der Waals surface area contributed by atoms with Crippen LogP contribution in [-0.2, 0) is 0 Å². The lowest BCUT2D eigenvalue weighted by molar-refractivity contribution is -0.125. The highest BCUT2D eigenvalue weighted by molar-refractivity contribution is 8.02.